The molecule has 0 saturated heterocycles. The number of hydrogen-bond acceptors (Lipinski definition) is 3. The Morgan fingerprint density at radius 2 is 2.00 bits per heavy atom. The average molecular weight is 372 g/mol. The summed E-state index contributed by atoms with van der Waals surface area (Å²) >= 11 is 1.28. The van der Waals surface area contributed by atoms with Crippen molar-refractivity contribution in [3.8, 4) is 0 Å². The minimum absolute atomic E-state index is 0.493. The summed E-state index contributed by atoms with van der Waals surface area (Å²) in [5, 5.41) is 0. The van der Waals surface area contributed by atoms with Crippen LogP contribution in [0.25, 0.3) is 0 Å². The second kappa shape index (κ2) is 4.42. The second-order valence-electron chi connectivity index (χ2n) is 2.37. The molecule has 0 saturated carbocycles. The van der Waals surface area contributed by atoms with Gasteiger partial charge in [-0.25, -0.2) is 21.6 Å². The summed E-state index contributed by atoms with van der Waals surface area (Å²) in [7, 11) is 0.760. The third-order valence-electron chi connectivity index (χ3n) is 1.42. The third kappa shape index (κ3) is 2.72. The molecule has 15 heavy (non-hydrogen) atoms. The first-order valence-electron chi connectivity index (χ1n) is 3.32. The molecule has 1 aromatic rings. The van der Waals surface area contributed by atoms with E-state index in [2.05, 4.69) is 4.98 Å². The Hall–Kier alpha value is -0.0900. The summed E-state index contributed by atoms with van der Waals surface area (Å²) in [5.41, 5.74) is -1.09. The van der Waals surface area contributed by atoms with Crippen LogP contribution in [0.5, 0.6) is 0 Å². The van der Waals surface area contributed by atoms with Gasteiger partial charge in [-0.15, -0.1) is 0 Å². The molecule has 0 amide bonds. The largest absolute Gasteiger partial charge is 0.283 e. The molecule has 0 aliphatic rings. The lowest BCUT2D eigenvalue weighted by Gasteiger charge is -2.05. The average Bonchev–Trinajstić information content (AvgIpc) is 2.06. The molecule has 0 aliphatic heterocycles. The molecule has 9 heteroatoms. The molecule has 1 heterocycles. The van der Waals surface area contributed by atoms with Gasteiger partial charge in [-0.05, 0) is 22.6 Å². The van der Waals surface area contributed by atoms with E-state index in [-0.39, 0.29) is 0 Å². The maximum absolute atomic E-state index is 13.2. The minimum Gasteiger partial charge on any atom is -0.251 e. The van der Waals surface area contributed by atoms with Crippen LogP contribution >= 0.6 is 33.3 Å². The van der Waals surface area contributed by atoms with E-state index in [1.54, 1.807) is 0 Å². The standard InChI is InChI=1S/C6H2ClF3INO2S/c7-15(13,14)2-1-12-5(6(9)10)3(8)4(2)11/h1,6H. The van der Waals surface area contributed by atoms with Crippen molar-refractivity contribution in [1.82, 2.24) is 4.98 Å². The lowest BCUT2D eigenvalue weighted by molar-refractivity contribution is 0.140. The lowest BCUT2D eigenvalue weighted by atomic mass is 10.3. The maximum atomic E-state index is 13.2. The number of hydrogen-bond donors (Lipinski definition) is 0. The van der Waals surface area contributed by atoms with Crippen LogP contribution < -0.4 is 0 Å². The van der Waals surface area contributed by atoms with Gasteiger partial charge >= 0.3 is 0 Å². The van der Waals surface area contributed by atoms with Crippen LogP contribution in [0.4, 0.5) is 13.2 Å². The lowest BCUT2D eigenvalue weighted by Crippen LogP contribution is -2.04. The molecule has 0 unspecified atom stereocenters. The van der Waals surface area contributed by atoms with E-state index in [1.807, 2.05) is 0 Å². The highest BCUT2D eigenvalue weighted by atomic mass is 127. The van der Waals surface area contributed by atoms with Crippen LogP contribution in [0.2, 0.25) is 0 Å². The fourth-order valence-corrected chi connectivity index (χ4v) is 3.29. The minimum atomic E-state index is -4.18. The summed E-state index contributed by atoms with van der Waals surface area (Å²) in [6.45, 7) is 0. The second-order valence-corrected chi connectivity index (χ2v) is 5.99. The Labute approximate surface area is 101 Å². The highest BCUT2D eigenvalue weighted by Crippen LogP contribution is 2.28. The smallest absolute Gasteiger partial charge is 0.251 e. The summed E-state index contributed by atoms with van der Waals surface area (Å²) < 4.78 is 58.7. The monoisotopic (exact) mass is 371 g/mol. The number of alkyl halides is 2. The van der Waals surface area contributed by atoms with Gasteiger partial charge in [0.15, 0.2) is 5.82 Å². The molecule has 0 N–H and O–H groups in total. The molecule has 84 valence electrons. The quantitative estimate of drug-likeness (QED) is 0.593. The molecule has 0 atom stereocenters. The van der Waals surface area contributed by atoms with Gasteiger partial charge in [0.1, 0.15) is 10.6 Å². The van der Waals surface area contributed by atoms with E-state index in [4.69, 9.17) is 10.7 Å². The van der Waals surface area contributed by atoms with Crippen molar-refractivity contribution in [2.24, 2.45) is 0 Å². The van der Waals surface area contributed by atoms with Crippen LogP contribution in [0.15, 0.2) is 11.1 Å². The van der Waals surface area contributed by atoms with Gasteiger partial charge in [-0.1, -0.05) is 0 Å². The Morgan fingerprint density at radius 1 is 1.47 bits per heavy atom. The first-order valence-corrected chi connectivity index (χ1v) is 6.70. The van der Waals surface area contributed by atoms with Crippen LogP contribution in [-0.2, 0) is 9.05 Å². The molecule has 3 nitrogen and oxygen atoms in total. The Kier molecular flexibility index (Phi) is 3.82. The molecule has 0 aliphatic carbocycles. The van der Waals surface area contributed by atoms with E-state index in [0.29, 0.717) is 6.20 Å². The topological polar surface area (TPSA) is 47.0 Å². The molecule has 1 rings (SSSR count). The summed E-state index contributed by atoms with van der Waals surface area (Å²) in [5.74, 6) is -1.37. The summed E-state index contributed by atoms with van der Waals surface area (Å²) in [4.78, 5) is 2.39. The zero-order chi connectivity index (χ0) is 11.8. The molecule has 0 bridgehead atoms. The predicted molar refractivity (Wildman–Crippen MR) is 54.9 cm³/mol. The molecule has 1 aromatic heterocycles. The first kappa shape index (κ1) is 13.0. The van der Waals surface area contributed by atoms with E-state index >= 15 is 0 Å². The van der Waals surface area contributed by atoms with Gasteiger partial charge in [0.25, 0.3) is 15.5 Å². The van der Waals surface area contributed by atoms with E-state index < -0.39 is 35.5 Å². The van der Waals surface area contributed by atoms with Crippen molar-refractivity contribution in [2.75, 3.05) is 0 Å². The highest BCUT2D eigenvalue weighted by molar-refractivity contribution is 14.1. The van der Waals surface area contributed by atoms with Gasteiger partial charge < -0.3 is 0 Å². The van der Waals surface area contributed by atoms with Gasteiger partial charge in [0, 0.05) is 16.9 Å². The normalized spacial score (nSPS) is 12.1. The van der Waals surface area contributed by atoms with Crippen LogP contribution in [-0.4, -0.2) is 13.4 Å². The number of halogens is 5. The van der Waals surface area contributed by atoms with Gasteiger partial charge in [0.05, 0.1) is 3.57 Å². The van der Waals surface area contributed by atoms with E-state index in [0.717, 1.165) is 0 Å². The molecule has 0 aromatic carbocycles. The van der Waals surface area contributed by atoms with Crippen molar-refractivity contribution in [2.45, 2.75) is 11.3 Å². The van der Waals surface area contributed by atoms with Gasteiger partial charge in [-0.2, -0.15) is 0 Å². The van der Waals surface area contributed by atoms with Gasteiger partial charge in [-0.3, -0.25) is 4.98 Å². The molecule has 0 fully saturated rings. The SMILES string of the molecule is O=S(=O)(Cl)c1cnc(C(F)F)c(F)c1I. The Bertz CT molecular complexity index is 493. The van der Waals surface area contributed by atoms with Gasteiger partial charge in [0.2, 0.25) is 0 Å². The molecule has 0 radical (unpaired) electrons. The fourth-order valence-electron chi connectivity index (χ4n) is 0.784. The highest BCUT2D eigenvalue weighted by Gasteiger charge is 2.24. The molecular formula is C6H2ClF3INO2S. The van der Waals surface area contributed by atoms with Crippen molar-refractivity contribution in [3.05, 3.63) is 21.3 Å². The predicted octanol–water partition coefficient (Wildman–Crippen LogP) is 2.69. The first-order chi connectivity index (χ1) is 6.75. The summed E-state index contributed by atoms with van der Waals surface area (Å²) in [6.07, 6.45) is -2.50. The number of rotatable bonds is 2. The van der Waals surface area contributed by atoms with Crippen LogP contribution in [0.1, 0.15) is 12.1 Å². The van der Waals surface area contributed by atoms with E-state index in [1.165, 1.54) is 22.6 Å². The van der Waals surface area contributed by atoms with Crippen LogP contribution in [0.3, 0.4) is 0 Å². The van der Waals surface area contributed by atoms with Crippen molar-refractivity contribution < 1.29 is 21.6 Å². The Morgan fingerprint density at radius 3 is 2.40 bits per heavy atom. The number of aromatic nitrogens is 1. The molecule has 0 spiro atoms. The van der Waals surface area contributed by atoms with Crippen molar-refractivity contribution >= 4 is 42.3 Å². The zero-order valence-corrected chi connectivity index (χ0v) is 10.4. The fraction of sp³-hybridized carbons (Fsp3) is 0.167. The Balaban J connectivity index is 3.48. The van der Waals surface area contributed by atoms with Crippen molar-refractivity contribution in [1.29, 1.82) is 0 Å². The number of nitrogens with zero attached hydrogens (tertiary/aromatic N) is 1. The van der Waals surface area contributed by atoms with Crippen molar-refractivity contribution in [3.63, 3.8) is 0 Å². The third-order valence-corrected chi connectivity index (χ3v) is 4.18. The summed E-state index contributed by atoms with van der Waals surface area (Å²) in [6, 6.07) is 0. The van der Waals surface area contributed by atoms with Crippen LogP contribution in [0, 0.1) is 9.39 Å². The number of pyridine rings is 1. The zero-order valence-electron chi connectivity index (χ0n) is 6.72. The molecular weight excluding hydrogens is 369 g/mol. The van der Waals surface area contributed by atoms with E-state index in [9.17, 15) is 21.6 Å². The maximum Gasteiger partial charge on any atom is 0.283 e.